The fourth-order valence-corrected chi connectivity index (χ4v) is 1.26. The Kier molecular flexibility index (Phi) is 5.36. The van der Waals surface area contributed by atoms with Crippen LogP contribution >= 0.6 is 12.6 Å². The van der Waals surface area contributed by atoms with Gasteiger partial charge in [0.1, 0.15) is 4.87 Å². The van der Waals surface area contributed by atoms with Crippen LogP contribution in [-0.2, 0) is 0 Å². The molecule has 0 fully saturated rings. The molecule has 0 aromatic rings. The second kappa shape index (κ2) is 5.55. The third kappa shape index (κ3) is 5.22. The van der Waals surface area contributed by atoms with Crippen molar-refractivity contribution in [2.75, 3.05) is 0 Å². The van der Waals surface area contributed by atoms with Crippen LogP contribution in [0.2, 0.25) is 0 Å². The highest BCUT2D eigenvalue weighted by Gasteiger charge is 2.18. The van der Waals surface area contributed by atoms with Crippen LogP contribution in [0.15, 0.2) is 28.8 Å². The van der Waals surface area contributed by atoms with E-state index in [2.05, 4.69) is 50.5 Å². The second-order valence-electron chi connectivity index (χ2n) is 4.58. The van der Waals surface area contributed by atoms with E-state index in [1.165, 1.54) is 5.57 Å². The van der Waals surface area contributed by atoms with Crippen LogP contribution in [0, 0.1) is 5.41 Å². The average Bonchev–Trinajstić information content (AvgIpc) is 2.28. The first-order valence-corrected chi connectivity index (χ1v) is 5.94. The van der Waals surface area contributed by atoms with E-state index in [0.717, 1.165) is 0 Å². The van der Waals surface area contributed by atoms with Gasteiger partial charge in [-0.1, -0.05) is 40.7 Å². The Balaban J connectivity index is 0.000000921. The maximum Gasteiger partial charge on any atom is 0.119 e. The lowest BCUT2D eigenvalue weighted by Gasteiger charge is -2.19. The number of aliphatic imine (C=N–C) groups is 1. The Morgan fingerprint density at radius 3 is 2.27 bits per heavy atom. The summed E-state index contributed by atoms with van der Waals surface area (Å²) in [6, 6.07) is 0. The van der Waals surface area contributed by atoms with Gasteiger partial charge in [-0.15, -0.1) is 12.6 Å². The minimum absolute atomic E-state index is 0.177. The SMILES string of the molecule is CC.CC1(S)C=CC(C(C)(C)C)=CC=N1. The van der Waals surface area contributed by atoms with Crippen molar-refractivity contribution in [3.8, 4) is 0 Å². The van der Waals surface area contributed by atoms with Crippen LogP contribution < -0.4 is 0 Å². The highest BCUT2D eigenvalue weighted by molar-refractivity contribution is 7.82. The summed E-state index contributed by atoms with van der Waals surface area (Å²) in [4.78, 5) is 3.94. The smallest absolute Gasteiger partial charge is 0.119 e. The fraction of sp³-hybridized carbons (Fsp3) is 0.615. The number of hydrogen-bond acceptors (Lipinski definition) is 2. The van der Waals surface area contributed by atoms with E-state index in [1.54, 1.807) is 0 Å². The summed E-state index contributed by atoms with van der Waals surface area (Å²) in [5.41, 5.74) is 1.46. The Morgan fingerprint density at radius 2 is 1.80 bits per heavy atom. The lowest BCUT2D eigenvalue weighted by atomic mass is 9.86. The molecule has 86 valence electrons. The molecule has 1 aliphatic heterocycles. The molecule has 0 aromatic heterocycles. The predicted octanol–water partition coefficient (Wildman–Crippen LogP) is 4.27. The van der Waals surface area contributed by atoms with Gasteiger partial charge in [0.15, 0.2) is 0 Å². The third-order valence-corrected chi connectivity index (χ3v) is 2.30. The maximum atomic E-state index is 4.41. The summed E-state index contributed by atoms with van der Waals surface area (Å²) >= 11 is 4.41. The van der Waals surface area contributed by atoms with Crippen molar-refractivity contribution in [2.45, 2.75) is 46.4 Å². The zero-order valence-electron chi connectivity index (χ0n) is 10.7. The monoisotopic (exact) mass is 225 g/mol. The van der Waals surface area contributed by atoms with E-state index in [9.17, 15) is 0 Å². The van der Waals surface area contributed by atoms with Crippen molar-refractivity contribution in [2.24, 2.45) is 10.4 Å². The van der Waals surface area contributed by atoms with Gasteiger partial charge in [0.2, 0.25) is 0 Å². The van der Waals surface area contributed by atoms with Gasteiger partial charge in [0.05, 0.1) is 0 Å². The first-order chi connectivity index (χ1) is 6.81. The molecule has 0 radical (unpaired) electrons. The third-order valence-electron chi connectivity index (χ3n) is 2.03. The van der Waals surface area contributed by atoms with Crippen molar-refractivity contribution in [1.82, 2.24) is 0 Å². The first-order valence-electron chi connectivity index (χ1n) is 5.49. The molecule has 15 heavy (non-hydrogen) atoms. The van der Waals surface area contributed by atoms with Gasteiger partial charge in [0, 0.05) is 6.21 Å². The molecule has 2 heteroatoms. The largest absolute Gasteiger partial charge is 0.272 e. The Hall–Kier alpha value is -0.500. The van der Waals surface area contributed by atoms with Crippen LogP contribution in [0.25, 0.3) is 0 Å². The number of rotatable bonds is 0. The molecule has 1 unspecified atom stereocenters. The van der Waals surface area contributed by atoms with E-state index in [0.29, 0.717) is 0 Å². The van der Waals surface area contributed by atoms with Crippen molar-refractivity contribution < 1.29 is 0 Å². The number of thiol groups is 1. The van der Waals surface area contributed by atoms with Crippen LogP contribution in [0.4, 0.5) is 0 Å². The van der Waals surface area contributed by atoms with Gasteiger partial charge in [-0.3, -0.25) is 4.99 Å². The summed E-state index contributed by atoms with van der Waals surface area (Å²) in [6.07, 6.45) is 8.03. The zero-order valence-corrected chi connectivity index (χ0v) is 11.6. The molecule has 1 rings (SSSR count). The molecule has 1 heterocycles. The summed E-state index contributed by atoms with van der Waals surface area (Å²) in [7, 11) is 0. The maximum absolute atomic E-state index is 4.41. The molecule has 0 saturated heterocycles. The van der Waals surface area contributed by atoms with Crippen LogP contribution in [0.5, 0.6) is 0 Å². The zero-order chi connectivity index (χ0) is 12.1. The van der Waals surface area contributed by atoms with Crippen molar-refractivity contribution >= 4 is 18.8 Å². The van der Waals surface area contributed by atoms with Crippen LogP contribution in [0.1, 0.15) is 41.5 Å². The lowest BCUT2D eigenvalue weighted by Crippen LogP contribution is -2.09. The van der Waals surface area contributed by atoms with Gasteiger partial charge in [-0.2, -0.15) is 0 Å². The molecule has 0 amide bonds. The van der Waals surface area contributed by atoms with Crippen molar-refractivity contribution in [3.63, 3.8) is 0 Å². The average molecular weight is 225 g/mol. The second-order valence-corrected chi connectivity index (χ2v) is 5.48. The Bertz CT molecular complexity index is 277. The summed E-state index contributed by atoms with van der Waals surface area (Å²) in [5, 5.41) is 0. The minimum atomic E-state index is -0.358. The highest BCUT2D eigenvalue weighted by Crippen LogP contribution is 2.29. The standard InChI is InChI=1S/C11H17NS.C2H6/c1-10(2,3)9-5-7-11(4,13)12-8-6-9;1-2/h5-8,13H,1-4H3;1-2H3. The molecule has 0 N–H and O–H groups in total. The molecule has 0 bridgehead atoms. The minimum Gasteiger partial charge on any atom is -0.272 e. The molecule has 1 atom stereocenters. The topological polar surface area (TPSA) is 12.4 Å². The summed E-state index contributed by atoms with van der Waals surface area (Å²) in [6.45, 7) is 12.6. The molecular weight excluding hydrogens is 202 g/mol. The highest BCUT2D eigenvalue weighted by atomic mass is 32.1. The van der Waals surface area contributed by atoms with Crippen molar-refractivity contribution in [1.29, 1.82) is 0 Å². The van der Waals surface area contributed by atoms with Gasteiger partial charge in [-0.25, -0.2) is 0 Å². The molecule has 0 spiro atoms. The molecule has 0 aromatic carbocycles. The Morgan fingerprint density at radius 1 is 1.27 bits per heavy atom. The normalized spacial score (nSPS) is 25.1. The van der Waals surface area contributed by atoms with E-state index >= 15 is 0 Å². The fourth-order valence-electron chi connectivity index (χ4n) is 1.11. The van der Waals surface area contributed by atoms with Gasteiger partial charge in [0.25, 0.3) is 0 Å². The van der Waals surface area contributed by atoms with E-state index in [-0.39, 0.29) is 10.3 Å². The van der Waals surface area contributed by atoms with E-state index in [1.807, 2.05) is 33.1 Å². The molecule has 1 nitrogen and oxygen atoms in total. The van der Waals surface area contributed by atoms with E-state index < -0.39 is 0 Å². The van der Waals surface area contributed by atoms with Crippen molar-refractivity contribution in [3.05, 3.63) is 23.8 Å². The van der Waals surface area contributed by atoms with Gasteiger partial charge in [-0.05, 0) is 30.1 Å². The molecule has 0 aliphatic carbocycles. The molecule has 0 saturated carbocycles. The summed E-state index contributed by atoms with van der Waals surface area (Å²) < 4.78 is 0. The van der Waals surface area contributed by atoms with Crippen LogP contribution in [0.3, 0.4) is 0 Å². The quantitative estimate of drug-likeness (QED) is 0.591. The number of allylic oxidation sites excluding steroid dienone is 3. The lowest BCUT2D eigenvalue weighted by molar-refractivity contribution is 0.517. The summed E-state index contributed by atoms with van der Waals surface area (Å²) in [5.74, 6) is 0. The number of nitrogens with zero attached hydrogens (tertiary/aromatic N) is 1. The first kappa shape index (κ1) is 14.5. The Labute approximate surface area is 99.8 Å². The molecule has 1 aliphatic rings. The van der Waals surface area contributed by atoms with Crippen LogP contribution in [-0.4, -0.2) is 11.1 Å². The van der Waals surface area contributed by atoms with Gasteiger partial charge < -0.3 is 0 Å². The number of hydrogen-bond donors (Lipinski definition) is 1. The predicted molar refractivity (Wildman–Crippen MR) is 73.9 cm³/mol. The van der Waals surface area contributed by atoms with Gasteiger partial charge >= 0.3 is 0 Å². The molecular formula is C13H23NS. The van der Waals surface area contributed by atoms with E-state index in [4.69, 9.17) is 0 Å².